The van der Waals surface area contributed by atoms with Gasteiger partial charge in [-0.3, -0.25) is 19.2 Å². The molecule has 0 bridgehead atoms. The minimum atomic E-state index is -1.29. The predicted octanol–water partition coefficient (Wildman–Crippen LogP) is 1.06. The van der Waals surface area contributed by atoms with Gasteiger partial charge in [0, 0.05) is 0 Å². The van der Waals surface area contributed by atoms with Crippen LogP contribution in [0.2, 0.25) is 0 Å². The number of carboxylic acids is 2. The summed E-state index contributed by atoms with van der Waals surface area (Å²) in [5.74, 6) is -3.65. The molecule has 2 rings (SSSR count). The minimum Gasteiger partial charge on any atom is -0.481 e. The first-order chi connectivity index (χ1) is 15.2. The van der Waals surface area contributed by atoms with Gasteiger partial charge in [-0.1, -0.05) is 60.7 Å². The van der Waals surface area contributed by atoms with E-state index in [2.05, 4.69) is 0 Å². The molecule has 10 heteroatoms. The first-order valence-corrected chi connectivity index (χ1v) is 9.55. The van der Waals surface area contributed by atoms with Gasteiger partial charge in [-0.15, -0.1) is 0 Å². The van der Waals surface area contributed by atoms with Gasteiger partial charge in [-0.2, -0.15) is 0 Å². The normalized spacial score (nSPS) is 11.8. The summed E-state index contributed by atoms with van der Waals surface area (Å²) in [4.78, 5) is 43.1. The Morgan fingerprint density at radius 1 is 0.719 bits per heavy atom. The Bertz CT molecular complexity index is 874. The number of ether oxygens (including phenoxy) is 2. The molecule has 0 aliphatic carbocycles. The molecule has 10 nitrogen and oxygen atoms in total. The number of nitrogens with two attached hydrogens (primary N) is 2. The maximum Gasteiger partial charge on any atom is 0.323 e. The van der Waals surface area contributed by atoms with Gasteiger partial charge in [-0.05, 0) is 11.1 Å². The van der Waals surface area contributed by atoms with E-state index in [-0.39, 0.29) is 19.6 Å². The summed E-state index contributed by atoms with van der Waals surface area (Å²) < 4.78 is 10.2. The maximum atomic E-state index is 11.8. The lowest BCUT2D eigenvalue weighted by molar-refractivity contribution is -0.153. The summed E-state index contributed by atoms with van der Waals surface area (Å²) in [5.41, 5.74) is 12.2. The van der Waals surface area contributed by atoms with Crippen LogP contribution in [0.4, 0.5) is 0 Å². The van der Waals surface area contributed by atoms with Crippen LogP contribution in [0, 0.1) is 0 Å². The highest BCUT2D eigenvalue weighted by molar-refractivity contribution is 5.82. The third-order valence-corrected chi connectivity index (χ3v) is 3.87. The second-order valence-corrected chi connectivity index (χ2v) is 6.59. The molecule has 2 unspecified atom stereocenters. The fourth-order valence-electron chi connectivity index (χ4n) is 2.17. The highest BCUT2D eigenvalue weighted by atomic mass is 16.5. The van der Waals surface area contributed by atoms with Crippen LogP contribution in [0.25, 0.3) is 0 Å². The fourth-order valence-corrected chi connectivity index (χ4v) is 2.17. The third kappa shape index (κ3) is 11.4. The van der Waals surface area contributed by atoms with Crippen molar-refractivity contribution >= 4 is 23.9 Å². The van der Waals surface area contributed by atoms with Crippen LogP contribution in [0.5, 0.6) is 0 Å². The van der Waals surface area contributed by atoms with Crippen molar-refractivity contribution in [3.63, 3.8) is 0 Å². The Morgan fingerprint density at radius 3 is 1.59 bits per heavy atom. The molecular formula is C22H26N2O8. The zero-order valence-electron chi connectivity index (χ0n) is 17.3. The van der Waals surface area contributed by atoms with Crippen molar-refractivity contribution in [2.75, 3.05) is 0 Å². The van der Waals surface area contributed by atoms with E-state index < -0.39 is 42.4 Å². The van der Waals surface area contributed by atoms with E-state index in [0.29, 0.717) is 0 Å². The van der Waals surface area contributed by atoms with Crippen LogP contribution >= 0.6 is 0 Å². The average Bonchev–Trinajstić information content (AvgIpc) is 2.77. The van der Waals surface area contributed by atoms with Gasteiger partial charge >= 0.3 is 23.9 Å². The van der Waals surface area contributed by atoms with Gasteiger partial charge in [0.25, 0.3) is 0 Å². The Kier molecular flexibility index (Phi) is 11.7. The van der Waals surface area contributed by atoms with Crippen LogP contribution in [-0.4, -0.2) is 46.2 Å². The van der Waals surface area contributed by atoms with E-state index in [1.54, 1.807) is 0 Å². The van der Waals surface area contributed by atoms with Crippen molar-refractivity contribution in [1.82, 2.24) is 0 Å². The maximum absolute atomic E-state index is 11.8. The van der Waals surface area contributed by atoms with Crippen molar-refractivity contribution in [3.8, 4) is 0 Å². The SMILES string of the molecule is NC(CC(=O)O)C(=O)O.NC(CC(=O)OCc1ccccc1)C(=O)OCc1ccccc1. The van der Waals surface area contributed by atoms with E-state index in [9.17, 15) is 19.2 Å². The smallest absolute Gasteiger partial charge is 0.323 e. The lowest BCUT2D eigenvalue weighted by Crippen LogP contribution is -2.34. The molecule has 0 aromatic heterocycles. The highest BCUT2D eigenvalue weighted by Gasteiger charge is 2.20. The molecule has 0 aliphatic heterocycles. The average molecular weight is 446 g/mol. The second-order valence-electron chi connectivity index (χ2n) is 6.59. The van der Waals surface area contributed by atoms with Crippen molar-refractivity contribution in [2.45, 2.75) is 38.1 Å². The third-order valence-electron chi connectivity index (χ3n) is 3.87. The van der Waals surface area contributed by atoms with E-state index in [4.69, 9.17) is 31.2 Å². The number of carbonyl (C=O) groups is 4. The Balaban J connectivity index is 0.000000482. The van der Waals surface area contributed by atoms with Crippen molar-refractivity contribution in [3.05, 3.63) is 71.8 Å². The zero-order chi connectivity index (χ0) is 23.9. The van der Waals surface area contributed by atoms with Gasteiger partial charge in [0.05, 0.1) is 12.8 Å². The molecule has 0 radical (unpaired) electrons. The molecule has 32 heavy (non-hydrogen) atoms. The van der Waals surface area contributed by atoms with E-state index in [1.165, 1.54) is 0 Å². The van der Waals surface area contributed by atoms with E-state index >= 15 is 0 Å². The molecule has 2 atom stereocenters. The van der Waals surface area contributed by atoms with Gasteiger partial charge in [0.1, 0.15) is 25.3 Å². The largest absolute Gasteiger partial charge is 0.481 e. The van der Waals surface area contributed by atoms with Gasteiger partial charge in [-0.25, -0.2) is 0 Å². The zero-order valence-corrected chi connectivity index (χ0v) is 17.3. The lowest BCUT2D eigenvalue weighted by atomic mass is 10.2. The molecule has 0 spiro atoms. The minimum absolute atomic E-state index is 0.131. The number of hydrogen-bond donors (Lipinski definition) is 4. The number of esters is 2. The van der Waals surface area contributed by atoms with Crippen LogP contribution < -0.4 is 11.5 Å². The summed E-state index contributed by atoms with van der Waals surface area (Å²) in [6.07, 6.45) is -0.740. The highest BCUT2D eigenvalue weighted by Crippen LogP contribution is 2.05. The van der Waals surface area contributed by atoms with E-state index in [0.717, 1.165) is 11.1 Å². The van der Waals surface area contributed by atoms with E-state index in [1.807, 2.05) is 60.7 Å². The number of aliphatic carboxylic acids is 2. The molecule has 0 aliphatic rings. The molecule has 0 amide bonds. The van der Waals surface area contributed by atoms with Crippen LogP contribution in [-0.2, 0) is 41.9 Å². The van der Waals surface area contributed by atoms with Crippen molar-refractivity contribution in [2.24, 2.45) is 11.5 Å². The molecule has 2 aromatic rings. The van der Waals surface area contributed by atoms with Crippen LogP contribution in [0.15, 0.2) is 60.7 Å². The van der Waals surface area contributed by atoms with Crippen LogP contribution in [0.3, 0.4) is 0 Å². The molecule has 0 heterocycles. The molecule has 0 fully saturated rings. The quantitative estimate of drug-likeness (QED) is 0.385. The second kappa shape index (κ2) is 14.3. The monoisotopic (exact) mass is 446 g/mol. The molecule has 172 valence electrons. The van der Waals surface area contributed by atoms with Gasteiger partial charge in [0.2, 0.25) is 0 Å². The topological polar surface area (TPSA) is 179 Å². The van der Waals surface area contributed by atoms with Gasteiger partial charge in [0.15, 0.2) is 0 Å². The first-order valence-electron chi connectivity index (χ1n) is 9.55. The van der Waals surface area contributed by atoms with Gasteiger partial charge < -0.3 is 31.2 Å². The molecule has 6 N–H and O–H groups in total. The van der Waals surface area contributed by atoms with Crippen molar-refractivity contribution in [1.29, 1.82) is 0 Å². The Labute approximate surface area is 184 Å². The lowest BCUT2D eigenvalue weighted by Gasteiger charge is -2.11. The van der Waals surface area contributed by atoms with Crippen molar-refractivity contribution < 1.29 is 38.9 Å². The molecule has 0 saturated heterocycles. The fraction of sp³-hybridized carbons (Fsp3) is 0.273. The standard InChI is InChI=1S/C18H19NO4.C4H7NO4/c19-16(18(21)23-13-15-9-5-2-6-10-15)11-17(20)22-12-14-7-3-1-4-8-14;5-2(4(8)9)1-3(6)7/h1-10,16H,11-13,19H2;2H,1,5H2,(H,6,7)(H,8,9). The summed E-state index contributed by atoms with van der Waals surface area (Å²) >= 11 is 0. The Morgan fingerprint density at radius 2 is 1.19 bits per heavy atom. The summed E-state index contributed by atoms with van der Waals surface area (Å²) in [6, 6.07) is 16.2. The number of hydrogen-bond acceptors (Lipinski definition) is 8. The molecule has 0 saturated carbocycles. The molecule has 2 aromatic carbocycles. The number of carbonyl (C=O) groups excluding carboxylic acids is 2. The molecular weight excluding hydrogens is 420 g/mol. The number of rotatable bonds is 10. The Hall–Kier alpha value is -3.76. The summed E-state index contributed by atoms with van der Waals surface area (Å²) in [5, 5.41) is 16.0. The van der Waals surface area contributed by atoms with Crippen LogP contribution in [0.1, 0.15) is 24.0 Å². The first kappa shape index (κ1) is 26.3. The summed E-state index contributed by atoms with van der Waals surface area (Å²) in [7, 11) is 0. The summed E-state index contributed by atoms with van der Waals surface area (Å²) in [6.45, 7) is 0.290. The predicted molar refractivity (Wildman–Crippen MR) is 113 cm³/mol. The number of benzene rings is 2. The number of carboxylic acid groups (broad SMARTS) is 2.